The zero-order valence-electron chi connectivity index (χ0n) is 10.7. The molecule has 1 heterocycles. The lowest BCUT2D eigenvalue weighted by molar-refractivity contribution is 0.604. The molecular formula is C14H15N3S. The zero-order valence-corrected chi connectivity index (χ0v) is 11.5. The maximum absolute atomic E-state index is 9.17. The summed E-state index contributed by atoms with van der Waals surface area (Å²) in [5.74, 6) is 0. The predicted molar refractivity (Wildman–Crippen MR) is 74.7 cm³/mol. The van der Waals surface area contributed by atoms with E-state index in [0.717, 1.165) is 16.3 Å². The molecule has 3 nitrogen and oxygen atoms in total. The second kappa shape index (κ2) is 4.79. The molecule has 0 amide bonds. The number of hydrogen-bond donors (Lipinski definition) is 1. The number of thiazole rings is 1. The second-order valence-electron chi connectivity index (χ2n) is 4.75. The molecule has 0 saturated heterocycles. The molecule has 0 radical (unpaired) electrons. The van der Waals surface area contributed by atoms with Crippen molar-refractivity contribution in [1.82, 2.24) is 4.98 Å². The summed E-state index contributed by atoms with van der Waals surface area (Å²) in [6, 6.07) is 8.06. The van der Waals surface area contributed by atoms with E-state index in [0.29, 0.717) is 5.56 Å². The van der Waals surface area contributed by atoms with Crippen molar-refractivity contribution >= 4 is 17.0 Å². The number of rotatable bonds is 3. The van der Waals surface area contributed by atoms with Crippen molar-refractivity contribution in [2.75, 3.05) is 5.32 Å². The number of nitrogens with zero attached hydrogens (tertiary/aromatic N) is 2. The fourth-order valence-corrected chi connectivity index (χ4v) is 2.50. The van der Waals surface area contributed by atoms with E-state index < -0.39 is 0 Å². The van der Waals surface area contributed by atoms with Crippen LogP contribution in [0.1, 0.15) is 30.0 Å². The Balaban J connectivity index is 2.32. The molecule has 1 aromatic heterocycles. The van der Waals surface area contributed by atoms with Crippen LogP contribution >= 0.6 is 11.3 Å². The molecular weight excluding hydrogens is 242 g/mol. The predicted octanol–water partition coefficient (Wildman–Crippen LogP) is 3.67. The molecule has 92 valence electrons. The molecule has 0 saturated carbocycles. The van der Waals surface area contributed by atoms with Crippen LogP contribution in [0.5, 0.6) is 0 Å². The van der Waals surface area contributed by atoms with Gasteiger partial charge in [0.2, 0.25) is 0 Å². The topological polar surface area (TPSA) is 48.7 Å². The monoisotopic (exact) mass is 257 g/mol. The quantitative estimate of drug-likeness (QED) is 0.912. The number of nitriles is 1. The highest BCUT2D eigenvalue weighted by atomic mass is 32.1. The van der Waals surface area contributed by atoms with Gasteiger partial charge in [-0.2, -0.15) is 5.26 Å². The van der Waals surface area contributed by atoms with Crippen LogP contribution in [-0.2, 0) is 5.54 Å². The van der Waals surface area contributed by atoms with E-state index in [1.54, 1.807) is 17.5 Å². The van der Waals surface area contributed by atoms with Crippen molar-refractivity contribution in [3.63, 3.8) is 0 Å². The van der Waals surface area contributed by atoms with E-state index in [-0.39, 0.29) is 5.54 Å². The van der Waals surface area contributed by atoms with Gasteiger partial charge < -0.3 is 5.32 Å². The van der Waals surface area contributed by atoms with Crippen LogP contribution in [0, 0.1) is 18.3 Å². The van der Waals surface area contributed by atoms with Crippen LogP contribution < -0.4 is 5.32 Å². The fourth-order valence-electron chi connectivity index (χ4n) is 1.78. The van der Waals surface area contributed by atoms with Crippen molar-refractivity contribution in [3.8, 4) is 6.07 Å². The number of aromatic nitrogens is 1. The average molecular weight is 257 g/mol. The van der Waals surface area contributed by atoms with Crippen molar-refractivity contribution in [2.24, 2.45) is 0 Å². The first-order valence-corrected chi connectivity index (χ1v) is 6.60. The Bertz CT molecular complexity index is 580. The number of benzene rings is 1. The number of hydrogen-bond acceptors (Lipinski definition) is 4. The Morgan fingerprint density at radius 1 is 1.39 bits per heavy atom. The van der Waals surface area contributed by atoms with Gasteiger partial charge in [0, 0.05) is 11.6 Å². The molecule has 0 aliphatic rings. The fraction of sp³-hybridized carbons (Fsp3) is 0.286. The summed E-state index contributed by atoms with van der Waals surface area (Å²) in [5.41, 5.74) is 2.32. The molecule has 0 unspecified atom stereocenters. The van der Waals surface area contributed by atoms with Gasteiger partial charge in [0.05, 0.1) is 16.8 Å². The van der Waals surface area contributed by atoms with Gasteiger partial charge >= 0.3 is 0 Å². The van der Waals surface area contributed by atoms with Gasteiger partial charge in [0.15, 0.2) is 0 Å². The number of aryl methyl sites for hydroxylation is 1. The average Bonchev–Trinajstić information content (AvgIpc) is 2.85. The van der Waals surface area contributed by atoms with Gasteiger partial charge in [-0.05, 0) is 38.5 Å². The minimum absolute atomic E-state index is 0.283. The molecule has 0 spiro atoms. The second-order valence-corrected chi connectivity index (χ2v) is 5.64. The molecule has 2 aromatic rings. The summed E-state index contributed by atoms with van der Waals surface area (Å²) >= 11 is 1.61. The SMILES string of the molecule is Cc1ccc(NC(C)(C)c2nccs2)c(C#N)c1. The van der Waals surface area contributed by atoms with E-state index in [1.165, 1.54) is 0 Å². The van der Waals surface area contributed by atoms with Gasteiger partial charge in [-0.25, -0.2) is 4.98 Å². The van der Waals surface area contributed by atoms with Crippen LogP contribution in [0.4, 0.5) is 5.69 Å². The summed E-state index contributed by atoms with van der Waals surface area (Å²) in [5, 5.41) is 15.5. The van der Waals surface area contributed by atoms with E-state index in [2.05, 4.69) is 30.2 Å². The minimum Gasteiger partial charge on any atom is -0.373 e. The lowest BCUT2D eigenvalue weighted by atomic mass is 10.0. The Morgan fingerprint density at radius 3 is 2.78 bits per heavy atom. The standard InChI is InChI=1S/C14H15N3S/c1-10-4-5-12(11(8-10)9-15)17-14(2,3)13-16-6-7-18-13/h4-8,17H,1-3H3. The first-order chi connectivity index (χ1) is 8.53. The third-order valence-electron chi connectivity index (χ3n) is 2.71. The van der Waals surface area contributed by atoms with Crippen molar-refractivity contribution < 1.29 is 0 Å². The number of anilines is 1. The maximum atomic E-state index is 9.17. The summed E-state index contributed by atoms with van der Waals surface area (Å²) in [7, 11) is 0. The molecule has 0 aliphatic heterocycles. The molecule has 18 heavy (non-hydrogen) atoms. The van der Waals surface area contributed by atoms with Crippen LogP contribution in [0.3, 0.4) is 0 Å². The van der Waals surface area contributed by atoms with Crippen molar-refractivity contribution in [2.45, 2.75) is 26.3 Å². The molecule has 4 heteroatoms. The van der Waals surface area contributed by atoms with E-state index in [9.17, 15) is 0 Å². The van der Waals surface area contributed by atoms with Crippen LogP contribution in [-0.4, -0.2) is 4.98 Å². The van der Waals surface area contributed by atoms with Gasteiger partial charge in [-0.1, -0.05) is 6.07 Å². The summed E-state index contributed by atoms with van der Waals surface area (Å²) in [6.45, 7) is 6.11. The zero-order chi connectivity index (χ0) is 13.2. The molecule has 1 aromatic carbocycles. The van der Waals surface area contributed by atoms with Crippen molar-refractivity contribution in [3.05, 3.63) is 45.9 Å². The first kappa shape index (κ1) is 12.6. The minimum atomic E-state index is -0.283. The van der Waals surface area contributed by atoms with E-state index in [4.69, 9.17) is 5.26 Å². The Morgan fingerprint density at radius 2 is 2.17 bits per heavy atom. The first-order valence-electron chi connectivity index (χ1n) is 5.72. The summed E-state index contributed by atoms with van der Waals surface area (Å²) in [6.07, 6.45) is 1.80. The van der Waals surface area contributed by atoms with Gasteiger partial charge in [-0.15, -0.1) is 11.3 Å². The lowest BCUT2D eigenvalue weighted by Crippen LogP contribution is -2.28. The Kier molecular flexibility index (Phi) is 3.35. The van der Waals surface area contributed by atoms with E-state index >= 15 is 0 Å². The van der Waals surface area contributed by atoms with Crippen LogP contribution in [0.2, 0.25) is 0 Å². The summed E-state index contributed by atoms with van der Waals surface area (Å²) < 4.78 is 0. The molecule has 2 rings (SSSR count). The van der Waals surface area contributed by atoms with Crippen LogP contribution in [0.25, 0.3) is 0 Å². The van der Waals surface area contributed by atoms with Gasteiger partial charge in [-0.3, -0.25) is 0 Å². The van der Waals surface area contributed by atoms with Crippen molar-refractivity contribution in [1.29, 1.82) is 5.26 Å². The van der Waals surface area contributed by atoms with Gasteiger partial charge in [0.25, 0.3) is 0 Å². The summed E-state index contributed by atoms with van der Waals surface area (Å²) in [4.78, 5) is 4.33. The van der Waals surface area contributed by atoms with Gasteiger partial charge in [0.1, 0.15) is 11.1 Å². The maximum Gasteiger partial charge on any atom is 0.117 e. The highest BCUT2D eigenvalue weighted by molar-refractivity contribution is 7.09. The third-order valence-corrected chi connectivity index (χ3v) is 3.81. The molecule has 0 fully saturated rings. The smallest absolute Gasteiger partial charge is 0.117 e. The molecule has 1 N–H and O–H groups in total. The molecule has 0 aliphatic carbocycles. The molecule has 0 atom stereocenters. The van der Waals surface area contributed by atoms with E-state index in [1.807, 2.05) is 30.5 Å². The largest absolute Gasteiger partial charge is 0.373 e. The Hall–Kier alpha value is -1.86. The normalized spacial score (nSPS) is 11.0. The molecule has 0 bridgehead atoms. The highest BCUT2D eigenvalue weighted by Gasteiger charge is 2.23. The van der Waals surface area contributed by atoms with Crippen LogP contribution in [0.15, 0.2) is 29.8 Å². The lowest BCUT2D eigenvalue weighted by Gasteiger charge is -2.25. The Labute approximate surface area is 111 Å². The third kappa shape index (κ3) is 2.52. The number of nitrogens with one attached hydrogen (secondary N) is 1. The highest BCUT2D eigenvalue weighted by Crippen LogP contribution is 2.28.